The van der Waals surface area contributed by atoms with Crippen molar-refractivity contribution in [1.82, 2.24) is 9.80 Å². The fourth-order valence-electron chi connectivity index (χ4n) is 3.41. The van der Waals surface area contributed by atoms with Gasteiger partial charge in [-0.2, -0.15) is 0 Å². The number of piperazine rings is 1. The second-order valence-electron chi connectivity index (χ2n) is 7.16. The third-order valence-corrected chi connectivity index (χ3v) is 5.17. The maximum atomic E-state index is 12.5. The molecule has 158 valence electrons. The topological polar surface area (TPSA) is 80.1 Å². The van der Waals surface area contributed by atoms with Crippen LogP contribution < -0.4 is 4.74 Å². The molecule has 1 fully saturated rings. The van der Waals surface area contributed by atoms with Gasteiger partial charge in [-0.15, -0.1) is 0 Å². The summed E-state index contributed by atoms with van der Waals surface area (Å²) in [4.78, 5) is 40.6. The predicted octanol–water partition coefficient (Wildman–Crippen LogP) is 2.87. The first kappa shape index (κ1) is 20.4. The van der Waals surface area contributed by atoms with Crippen LogP contribution in [0.4, 0.5) is 0 Å². The summed E-state index contributed by atoms with van der Waals surface area (Å²) in [5.41, 5.74) is 1.18. The Morgan fingerprint density at radius 1 is 0.774 bits per heavy atom. The smallest absolute Gasteiger partial charge is 0.289 e. The van der Waals surface area contributed by atoms with Gasteiger partial charge in [-0.25, -0.2) is 0 Å². The molecule has 0 N–H and O–H groups in total. The summed E-state index contributed by atoms with van der Waals surface area (Å²) in [5.74, 6) is 0.445. The number of hydrogen-bond acceptors (Lipinski definition) is 5. The standard InChI is InChI=1S/C24H22N2O5/c27-22(25-12-14-26(15-13-25)24(29)21-7-4-16-30-21)17-31-20-10-8-19(9-11-20)23(28)18-5-2-1-3-6-18/h1-11,16H,12-15,17H2. The summed E-state index contributed by atoms with van der Waals surface area (Å²) in [6.45, 7) is 1.68. The number of hydrogen-bond donors (Lipinski definition) is 0. The van der Waals surface area contributed by atoms with Crippen molar-refractivity contribution in [1.29, 1.82) is 0 Å². The van der Waals surface area contributed by atoms with Gasteiger partial charge in [0, 0.05) is 37.3 Å². The minimum atomic E-state index is -0.168. The Balaban J connectivity index is 1.25. The molecule has 3 aromatic rings. The van der Waals surface area contributed by atoms with Gasteiger partial charge in [0.25, 0.3) is 11.8 Å². The van der Waals surface area contributed by atoms with Gasteiger partial charge in [0.05, 0.1) is 6.26 Å². The first-order valence-corrected chi connectivity index (χ1v) is 10.0. The first-order chi connectivity index (χ1) is 15.1. The van der Waals surface area contributed by atoms with Crippen LogP contribution in [0, 0.1) is 0 Å². The van der Waals surface area contributed by atoms with Crippen molar-refractivity contribution in [2.24, 2.45) is 0 Å². The zero-order valence-electron chi connectivity index (χ0n) is 16.9. The summed E-state index contributed by atoms with van der Waals surface area (Å²) < 4.78 is 10.7. The van der Waals surface area contributed by atoms with Crippen molar-refractivity contribution in [2.75, 3.05) is 32.8 Å². The highest BCUT2D eigenvalue weighted by atomic mass is 16.5. The highest BCUT2D eigenvalue weighted by Crippen LogP contribution is 2.16. The van der Waals surface area contributed by atoms with Crippen LogP contribution >= 0.6 is 0 Å². The summed E-state index contributed by atoms with van der Waals surface area (Å²) in [7, 11) is 0. The highest BCUT2D eigenvalue weighted by Gasteiger charge is 2.26. The molecule has 4 rings (SSSR count). The Labute approximate surface area is 179 Å². The lowest BCUT2D eigenvalue weighted by molar-refractivity contribution is -0.134. The number of ether oxygens (including phenoxy) is 1. The van der Waals surface area contributed by atoms with Crippen molar-refractivity contribution in [3.63, 3.8) is 0 Å². The summed E-state index contributed by atoms with van der Waals surface area (Å²) in [6.07, 6.45) is 1.47. The van der Waals surface area contributed by atoms with E-state index in [0.29, 0.717) is 48.8 Å². The van der Waals surface area contributed by atoms with E-state index in [-0.39, 0.29) is 24.2 Å². The third kappa shape index (κ3) is 4.83. The molecule has 1 aliphatic heterocycles. The Morgan fingerprint density at radius 2 is 1.42 bits per heavy atom. The number of ketones is 1. The van der Waals surface area contributed by atoms with E-state index in [1.165, 1.54) is 6.26 Å². The van der Waals surface area contributed by atoms with Crippen molar-refractivity contribution in [3.05, 3.63) is 89.9 Å². The number of benzene rings is 2. The lowest BCUT2D eigenvalue weighted by Gasteiger charge is -2.34. The summed E-state index contributed by atoms with van der Waals surface area (Å²) in [6, 6.07) is 19.1. The van der Waals surface area contributed by atoms with E-state index in [0.717, 1.165) is 0 Å². The van der Waals surface area contributed by atoms with E-state index in [2.05, 4.69) is 0 Å². The average Bonchev–Trinajstić information content (AvgIpc) is 3.38. The van der Waals surface area contributed by atoms with Gasteiger partial charge in [0.2, 0.25) is 0 Å². The molecule has 31 heavy (non-hydrogen) atoms. The number of rotatable bonds is 6. The maximum Gasteiger partial charge on any atom is 0.289 e. The van der Waals surface area contributed by atoms with E-state index in [4.69, 9.17) is 9.15 Å². The molecule has 0 spiro atoms. The molecule has 0 atom stereocenters. The Hall–Kier alpha value is -3.87. The number of carbonyl (C=O) groups excluding carboxylic acids is 3. The van der Waals surface area contributed by atoms with Crippen LogP contribution in [0.3, 0.4) is 0 Å². The van der Waals surface area contributed by atoms with Gasteiger partial charge < -0.3 is 19.0 Å². The minimum absolute atomic E-state index is 0.0646. The maximum absolute atomic E-state index is 12.5. The number of nitrogens with zero attached hydrogens (tertiary/aromatic N) is 2. The Morgan fingerprint density at radius 3 is 2.06 bits per heavy atom. The van der Waals surface area contributed by atoms with Crippen molar-refractivity contribution < 1.29 is 23.5 Å². The van der Waals surface area contributed by atoms with E-state index in [9.17, 15) is 14.4 Å². The van der Waals surface area contributed by atoms with Crippen LogP contribution in [0.15, 0.2) is 77.4 Å². The molecule has 0 saturated carbocycles. The zero-order valence-corrected chi connectivity index (χ0v) is 16.9. The lowest BCUT2D eigenvalue weighted by atomic mass is 10.0. The van der Waals surface area contributed by atoms with Crippen LogP contribution in [0.25, 0.3) is 0 Å². The molecule has 0 bridgehead atoms. The van der Waals surface area contributed by atoms with Crippen molar-refractivity contribution in [3.8, 4) is 5.75 Å². The van der Waals surface area contributed by atoms with E-state index in [1.807, 2.05) is 18.2 Å². The molecule has 0 unspecified atom stereocenters. The van der Waals surface area contributed by atoms with Crippen LogP contribution in [-0.4, -0.2) is 60.2 Å². The van der Waals surface area contributed by atoms with Crippen LogP contribution in [0.5, 0.6) is 5.75 Å². The number of amides is 2. The molecule has 0 radical (unpaired) electrons. The van der Waals surface area contributed by atoms with E-state index in [1.54, 1.807) is 58.3 Å². The highest BCUT2D eigenvalue weighted by molar-refractivity contribution is 6.09. The van der Waals surface area contributed by atoms with Crippen molar-refractivity contribution in [2.45, 2.75) is 0 Å². The van der Waals surface area contributed by atoms with E-state index >= 15 is 0 Å². The van der Waals surface area contributed by atoms with Crippen molar-refractivity contribution >= 4 is 17.6 Å². The van der Waals surface area contributed by atoms with Crippen LogP contribution in [-0.2, 0) is 4.79 Å². The largest absolute Gasteiger partial charge is 0.484 e. The summed E-state index contributed by atoms with van der Waals surface area (Å²) in [5, 5.41) is 0. The Bertz CT molecular complexity index is 1040. The molecule has 1 aliphatic rings. The van der Waals surface area contributed by atoms with Gasteiger partial charge in [0.1, 0.15) is 5.75 Å². The molecule has 7 nitrogen and oxygen atoms in total. The van der Waals surface area contributed by atoms with Crippen LogP contribution in [0.2, 0.25) is 0 Å². The molecular weight excluding hydrogens is 396 g/mol. The molecule has 2 amide bonds. The molecule has 2 heterocycles. The SMILES string of the molecule is O=C(c1ccccc1)c1ccc(OCC(=O)N2CCN(C(=O)c3ccco3)CC2)cc1. The number of furan rings is 1. The zero-order chi connectivity index (χ0) is 21.6. The first-order valence-electron chi connectivity index (χ1n) is 10.0. The van der Waals surface area contributed by atoms with Gasteiger partial charge in [-0.05, 0) is 36.4 Å². The second kappa shape index (κ2) is 9.30. The normalized spacial score (nSPS) is 13.7. The Kier molecular flexibility index (Phi) is 6.12. The molecule has 1 saturated heterocycles. The molecule has 1 aromatic heterocycles. The van der Waals surface area contributed by atoms with Gasteiger partial charge >= 0.3 is 0 Å². The third-order valence-electron chi connectivity index (χ3n) is 5.17. The quantitative estimate of drug-likeness (QED) is 0.575. The molecule has 0 aliphatic carbocycles. The minimum Gasteiger partial charge on any atom is -0.484 e. The lowest BCUT2D eigenvalue weighted by Crippen LogP contribution is -2.51. The summed E-state index contributed by atoms with van der Waals surface area (Å²) >= 11 is 0. The van der Waals surface area contributed by atoms with Gasteiger partial charge in [0.15, 0.2) is 18.2 Å². The van der Waals surface area contributed by atoms with Gasteiger partial charge in [-0.3, -0.25) is 14.4 Å². The monoisotopic (exact) mass is 418 g/mol. The predicted molar refractivity (Wildman–Crippen MR) is 113 cm³/mol. The van der Waals surface area contributed by atoms with E-state index < -0.39 is 0 Å². The molecular formula is C24H22N2O5. The molecule has 2 aromatic carbocycles. The fourth-order valence-corrected chi connectivity index (χ4v) is 3.41. The molecule has 7 heteroatoms. The van der Waals surface area contributed by atoms with Crippen LogP contribution in [0.1, 0.15) is 26.5 Å². The second-order valence-corrected chi connectivity index (χ2v) is 7.16. The fraction of sp³-hybridized carbons (Fsp3) is 0.208. The average molecular weight is 418 g/mol. The number of carbonyl (C=O) groups is 3. The van der Waals surface area contributed by atoms with Gasteiger partial charge in [-0.1, -0.05) is 30.3 Å².